The number of carbonyl (C=O) groups excluding carboxylic acids is 1. The van der Waals surface area contributed by atoms with Crippen LogP contribution in [-0.2, 0) is 11.2 Å². The first-order chi connectivity index (χ1) is 11.5. The van der Waals surface area contributed by atoms with Gasteiger partial charge in [0, 0.05) is 11.6 Å². The van der Waals surface area contributed by atoms with Gasteiger partial charge in [-0.2, -0.15) is 5.10 Å². The minimum absolute atomic E-state index is 0.0423. The molecule has 0 bridgehead atoms. The van der Waals surface area contributed by atoms with Gasteiger partial charge in [-0.05, 0) is 23.8 Å². The molecule has 2 aromatic rings. The lowest BCUT2D eigenvalue weighted by Gasteiger charge is -2.03. The third-order valence-electron chi connectivity index (χ3n) is 3.09. The van der Waals surface area contributed by atoms with Crippen LogP contribution in [0.1, 0.15) is 11.1 Å². The van der Waals surface area contributed by atoms with E-state index in [1.165, 1.54) is 18.3 Å². The number of nitrogens with one attached hydrogen (secondary N) is 1. The van der Waals surface area contributed by atoms with Crippen molar-refractivity contribution in [2.24, 2.45) is 5.10 Å². The summed E-state index contributed by atoms with van der Waals surface area (Å²) in [6, 6.07) is 11.3. The molecule has 0 heterocycles. The Kier molecular flexibility index (Phi) is 5.86. The summed E-state index contributed by atoms with van der Waals surface area (Å²) in [7, 11) is 1.57. The molecule has 0 saturated carbocycles. The van der Waals surface area contributed by atoms with Crippen molar-refractivity contribution < 1.29 is 14.5 Å². The number of benzene rings is 2. The average molecular weight is 348 g/mol. The zero-order chi connectivity index (χ0) is 17.5. The predicted octanol–water partition coefficient (Wildman–Crippen LogP) is 2.95. The maximum Gasteiger partial charge on any atom is 0.288 e. The lowest BCUT2D eigenvalue weighted by Crippen LogP contribution is -2.19. The number of hydrogen-bond donors (Lipinski definition) is 1. The van der Waals surface area contributed by atoms with E-state index in [1.54, 1.807) is 37.4 Å². The smallest absolute Gasteiger partial charge is 0.288 e. The monoisotopic (exact) mass is 347 g/mol. The quantitative estimate of drug-likeness (QED) is 0.494. The molecule has 8 heteroatoms. The molecule has 0 aliphatic heterocycles. The third-order valence-corrected chi connectivity index (χ3v) is 3.41. The highest BCUT2D eigenvalue weighted by molar-refractivity contribution is 6.32. The predicted molar refractivity (Wildman–Crippen MR) is 90.5 cm³/mol. The summed E-state index contributed by atoms with van der Waals surface area (Å²) < 4.78 is 5.04. The Morgan fingerprint density at radius 3 is 2.67 bits per heavy atom. The van der Waals surface area contributed by atoms with E-state index in [-0.39, 0.29) is 23.0 Å². The van der Waals surface area contributed by atoms with Crippen LogP contribution in [0.2, 0.25) is 5.02 Å². The molecule has 0 aliphatic carbocycles. The maximum atomic E-state index is 11.8. The summed E-state index contributed by atoms with van der Waals surface area (Å²) in [5.41, 5.74) is 3.42. The van der Waals surface area contributed by atoms with E-state index in [9.17, 15) is 14.9 Å². The molecule has 2 rings (SSSR count). The highest BCUT2D eigenvalue weighted by Gasteiger charge is 2.11. The minimum Gasteiger partial charge on any atom is -0.497 e. The molecule has 0 aliphatic rings. The van der Waals surface area contributed by atoms with Gasteiger partial charge in [-0.15, -0.1) is 0 Å². The number of hydrogen-bond acceptors (Lipinski definition) is 5. The van der Waals surface area contributed by atoms with Crippen molar-refractivity contribution in [1.29, 1.82) is 0 Å². The van der Waals surface area contributed by atoms with Gasteiger partial charge in [-0.25, -0.2) is 5.43 Å². The Morgan fingerprint density at radius 1 is 1.33 bits per heavy atom. The lowest BCUT2D eigenvalue weighted by molar-refractivity contribution is -0.384. The first-order valence-electron chi connectivity index (χ1n) is 6.88. The van der Waals surface area contributed by atoms with Crippen molar-refractivity contribution in [2.75, 3.05) is 7.11 Å². The summed E-state index contributed by atoms with van der Waals surface area (Å²) in [6.45, 7) is 0. The summed E-state index contributed by atoms with van der Waals surface area (Å²) >= 11 is 5.72. The topological polar surface area (TPSA) is 93.8 Å². The number of nitro benzene ring substituents is 1. The highest BCUT2D eigenvalue weighted by Crippen LogP contribution is 2.24. The molecule has 2 aromatic carbocycles. The second kappa shape index (κ2) is 8.07. The van der Waals surface area contributed by atoms with Crippen molar-refractivity contribution in [2.45, 2.75) is 6.42 Å². The number of hydrazone groups is 1. The lowest BCUT2D eigenvalue weighted by atomic mass is 10.1. The van der Waals surface area contributed by atoms with Crippen molar-refractivity contribution >= 4 is 29.4 Å². The number of halogens is 1. The third kappa shape index (κ3) is 4.79. The number of ether oxygens (including phenoxy) is 1. The molecule has 124 valence electrons. The highest BCUT2D eigenvalue weighted by atomic mass is 35.5. The van der Waals surface area contributed by atoms with Gasteiger partial charge in [-0.3, -0.25) is 14.9 Å². The Balaban J connectivity index is 1.94. The normalized spacial score (nSPS) is 10.6. The van der Waals surface area contributed by atoms with Crippen LogP contribution in [-0.4, -0.2) is 24.2 Å². The molecule has 0 unspecified atom stereocenters. The largest absolute Gasteiger partial charge is 0.497 e. The van der Waals surface area contributed by atoms with Gasteiger partial charge in [0.25, 0.3) is 5.69 Å². The van der Waals surface area contributed by atoms with Crippen LogP contribution in [0.5, 0.6) is 5.75 Å². The standard InChI is InChI=1S/C16H14ClN3O4/c1-24-13-5-2-11(3-6-13)9-16(21)19-18-10-12-4-7-14(17)15(8-12)20(22)23/h2-8,10H,9H2,1H3,(H,19,21)/b18-10-. The molecule has 0 aromatic heterocycles. The Hall–Kier alpha value is -2.93. The molecule has 0 atom stereocenters. The van der Waals surface area contributed by atoms with Gasteiger partial charge >= 0.3 is 0 Å². The fraction of sp³-hybridized carbons (Fsp3) is 0.125. The van der Waals surface area contributed by atoms with E-state index >= 15 is 0 Å². The van der Waals surface area contributed by atoms with Crippen molar-refractivity contribution in [1.82, 2.24) is 5.43 Å². The number of nitrogens with zero attached hydrogens (tertiary/aromatic N) is 2. The van der Waals surface area contributed by atoms with Gasteiger partial charge in [0.15, 0.2) is 0 Å². The zero-order valence-corrected chi connectivity index (χ0v) is 13.5. The molecule has 0 fully saturated rings. The first-order valence-corrected chi connectivity index (χ1v) is 7.26. The molecular formula is C16H14ClN3O4. The first kappa shape index (κ1) is 17.4. The molecule has 0 spiro atoms. The molecule has 24 heavy (non-hydrogen) atoms. The summed E-state index contributed by atoms with van der Waals surface area (Å²) in [4.78, 5) is 22.0. The number of nitro groups is 1. The number of carbonyl (C=O) groups is 1. The van der Waals surface area contributed by atoms with Crippen LogP contribution >= 0.6 is 11.6 Å². The van der Waals surface area contributed by atoms with Crippen LogP contribution in [0.4, 0.5) is 5.69 Å². The summed E-state index contributed by atoms with van der Waals surface area (Å²) in [5, 5.41) is 14.6. The Morgan fingerprint density at radius 2 is 2.04 bits per heavy atom. The number of amides is 1. The summed E-state index contributed by atoms with van der Waals surface area (Å²) in [5.74, 6) is 0.404. The van der Waals surface area contributed by atoms with Gasteiger partial charge in [0.2, 0.25) is 5.91 Å². The number of rotatable bonds is 6. The van der Waals surface area contributed by atoms with Crippen molar-refractivity contribution in [3.8, 4) is 5.75 Å². The Bertz CT molecular complexity index is 775. The molecular weight excluding hydrogens is 334 g/mol. The molecule has 7 nitrogen and oxygen atoms in total. The maximum absolute atomic E-state index is 11.8. The van der Waals surface area contributed by atoms with E-state index in [2.05, 4.69) is 10.5 Å². The fourth-order valence-corrected chi connectivity index (χ4v) is 2.08. The van der Waals surface area contributed by atoms with E-state index in [0.29, 0.717) is 11.3 Å². The van der Waals surface area contributed by atoms with Crippen LogP contribution in [0, 0.1) is 10.1 Å². The van der Waals surface area contributed by atoms with E-state index in [1.807, 2.05) is 0 Å². The van der Waals surface area contributed by atoms with Gasteiger partial charge in [0.1, 0.15) is 10.8 Å². The SMILES string of the molecule is COc1ccc(CC(=O)N/N=C\c2ccc(Cl)c([N+](=O)[O-])c2)cc1. The molecule has 0 saturated heterocycles. The van der Waals surface area contributed by atoms with Crippen LogP contribution in [0.25, 0.3) is 0 Å². The minimum atomic E-state index is -0.581. The summed E-state index contributed by atoms with van der Waals surface area (Å²) in [6.07, 6.45) is 1.47. The second-order valence-corrected chi connectivity index (χ2v) is 5.19. The van der Waals surface area contributed by atoms with Crippen molar-refractivity contribution in [3.63, 3.8) is 0 Å². The fourth-order valence-electron chi connectivity index (χ4n) is 1.90. The van der Waals surface area contributed by atoms with E-state index < -0.39 is 4.92 Å². The van der Waals surface area contributed by atoms with Gasteiger partial charge in [-0.1, -0.05) is 29.8 Å². The molecule has 1 amide bonds. The van der Waals surface area contributed by atoms with Crippen LogP contribution < -0.4 is 10.2 Å². The van der Waals surface area contributed by atoms with Crippen molar-refractivity contribution in [3.05, 3.63) is 68.7 Å². The van der Waals surface area contributed by atoms with Crippen LogP contribution in [0.15, 0.2) is 47.6 Å². The van der Waals surface area contributed by atoms with Crippen LogP contribution in [0.3, 0.4) is 0 Å². The van der Waals surface area contributed by atoms with Gasteiger partial charge < -0.3 is 4.74 Å². The average Bonchev–Trinajstić information content (AvgIpc) is 2.57. The second-order valence-electron chi connectivity index (χ2n) is 4.79. The zero-order valence-electron chi connectivity index (χ0n) is 12.7. The van der Waals surface area contributed by atoms with E-state index in [4.69, 9.17) is 16.3 Å². The number of methoxy groups -OCH3 is 1. The molecule has 1 N–H and O–H groups in total. The Labute approximate surface area is 143 Å². The molecule has 0 radical (unpaired) electrons. The van der Waals surface area contributed by atoms with E-state index in [0.717, 1.165) is 5.56 Å². The van der Waals surface area contributed by atoms with Gasteiger partial charge in [0.05, 0.1) is 24.7 Å².